The largest absolute Gasteiger partial charge is 0.0734 e. The van der Waals surface area contributed by atoms with Gasteiger partial charge in [-0.1, -0.05) is 50.6 Å². The first kappa shape index (κ1) is 8.55. The van der Waals surface area contributed by atoms with Crippen LogP contribution in [0.1, 0.15) is 43.7 Å². The average molecular weight is 172 g/mol. The number of benzene rings is 1. The van der Waals surface area contributed by atoms with Crippen LogP contribution in [-0.2, 0) is 0 Å². The highest BCUT2D eigenvalue weighted by Gasteiger charge is 2.17. The van der Waals surface area contributed by atoms with Gasteiger partial charge in [-0.3, -0.25) is 0 Å². The van der Waals surface area contributed by atoms with Gasteiger partial charge in [-0.05, 0) is 23.1 Å². The second-order valence-electron chi connectivity index (χ2n) is 3.82. The molecular weight excluding hydrogens is 156 g/mol. The summed E-state index contributed by atoms with van der Waals surface area (Å²) in [5.41, 5.74) is 4.54. The topological polar surface area (TPSA) is 0 Å². The van der Waals surface area contributed by atoms with Gasteiger partial charge in [0, 0.05) is 5.92 Å². The summed E-state index contributed by atoms with van der Waals surface area (Å²) in [5.74, 6) is 0.623. The van der Waals surface area contributed by atoms with E-state index < -0.39 is 0 Å². The van der Waals surface area contributed by atoms with E-state index in [-0.39, 0.29) is 0 Å². The summed E-state index contributed by atoms with van der Waals surface area (Å²) in [7, 11) is 0. The van der Waals surface area contributed by atoms with Crippen LogP contribution in [0.5, 0.6) is 0 Å². The van der Waals surface area contributed by atoms with Gasteiger partial charge in [0.1, 0.15) is 0 Å². The van der Waals surface area contributed by atoms with Gasteiger partial charge in [0.2, 0.25) is 0 Å². The van der Waals surface area contributed by atoms with Crippen molar-refractivity contribution >= 4 is 5.57 Å². The predicted molar refractivity (Wildman–Crippen MR) is 57.7 cm³/mol. The van der Waals surface area contributed by atoms with Crippen molar-refractivity contribution in [2.24, 2.45) is 0 Å². The lowest BCUT2D eigenvalue weighted by molar-refractivity contribution is 0.968. The summed E-state index contributed by atoms with van der Waals surface area (Å²) in [6, 6.07) is 8.78. The van der Waals surface area contributed by atoms with Crippen molar-refractivity contribution in [2.45, 2.75) is 32.6 Å². The van der Waals surface area contributed by atoms with E-state index in [1.165, 1.54) is 24.0 Å². The molecule has 0 aliphatic heterocycles. The molecule has 13 heavy (non-hydrogen) atoms. The number of hydrogen-bond acceptors (Lipinski definition) is 0. The van der Waals surface area contributed by atoms with Crippen LogP contribution in [0.3, 0.4) is 0 Å². The van der Waals surface area contributed by atoms with E-state index in [0.29, 0.717) is 5.92 Å². The molecule has 68 valence electrons. The van der Waals surface area contributed by atoms with Crippen LogP contribution in [0.25, 0.3) is 5.57 Å². The molecule has 1 aromatic carbocycles. The molecule has 1 atom stereocenters. The van der Waals surface area contributed by atoms with Crippen molar-refractivity contribution in [1.82, 2.24) is 0 Å². The number of allylic oxidation sites excluding steroid dienone is 2. The predicted octanol–water partition coefficient (Wildman–Crippen LogP) is 3.99. The monoisotopic (exact) mass is 172 g/mol. The quantitative estimate of drug-likeness (QED) is 0.632. The summed E-state index contributed by atoms with van der Waals surface area (Å²) in [6.45, 7) is 4.52. The van der Waals surface area contributed by atoms with Crippen molar-refractivity contribution < 1.29 is 0 Å². The molecule has 0 fully saturated rings. The van der Waals surface area contributed by atoms with E-state index in [4.69, 9.17) is 0 Å². The molecule has 0 saturated heterocycles. The number of fused-ring (bicyclic) bond motifs is 1. The number of hydrogen-bond donors (Lipinski definition) is 0. The van der Waals surface area contributed by atoms with Crippen LogP contribution in [-0.4, -0.2) is 0 Å². The van der Waals surface area contributed by atoms with Gasteiger partial charge in [0.05, 0.1) is 0 Å². The zero-order chi connectivity index (χ0) is 9.26. The average Bonchev–Trinajstić information content (AvgIpc) is 2.46. The lowest BCUT2D eigenvalue weighted by Crippen LogP contribution is -1.86. The Bertz CT molecular complexity index is 334. The van der Waals surface area contributed by atoms with Gasteiger partial charge < -0.3 is 0 Å². The third-order valence-corrected chi connectivity index (χ3v) is 2.77. The molecule has 0 amide bonds. The van der Waals surface area contributed by atoms with Crippen LogP contribution in [0.15, 0.2) is 30.3 Å². The normalized spacial score (nSPS) is 19.8. The first-order valence-electron chi connectivity index (χ1n) is 5.13. The lowest BCUT2D eigenvalue weighted by Gasteiger charge is -2.04. The first-order chi connectivity index (χ1) is 6.33. The maximum absolute atomic E-state index is 2.41. The Labute approximate surface area is 80.3 Å². The fraction of sp³-hybridized carbons (Fsp3) is 0.385. The molecule has 0 bridgehead atoms. The van der Waals surface area contributed by atoms with E-state index in [1.807, 2.05) is 0 Å². The van der Waals surface area contributed by atoms with Gasteiger partial charge >= 0.3 is 0 Å². The van der Waals surface area contributed by atoms with Gasteiger partial charge in [-0.15, -0.1) is 0 Å². The van der Waals surface area contributed by atoms with Gasteiger partial charge in [-0.2, -0.15) is 0 Å². The molecule has 0 aromatic heterocycles. The first-order valence-corrected chi connectivity index (χ1v) is 5.13. The standard InChI is InChI=1S/C13H16/c1-3-6-11-9-10(2)12-7-4-5-8-13(11)12/h4-5,7-10H,3,6H2,1-2H3. The lowest BCUT2D eigenvalue weighted by atomic mass is 10.0. The van der Waals surface area contributed by atoms with E-state index in [1.54, 1.807) is 5.57 Å². The summed E-state index contributed by atoms with van der Waals surface area (Å²) in [5, 5.41) is 0. The van der Waals surface area contributed by atoms with Crippen molar-refractivity contribution in [2.75, 3.05) is 0 Å². The van der Waals surface area contributed by atoms with Crippen molar-refractivity contribution in [3.63, 3.8) is 0 Å². The molecule has 0 heteroatoms. The Morgan fingerprint density at radius 2 is 2.00 bits per heavy atom. The summed E-state index contributed by atoms with van der Waals surface area (Å²) in [4.78, 5) is 0. The van der Waals surface area contributed by atoms with Gasteiger partial charge in [0.15, 0.2) is 0 Å². The molecule has 2 rings (SSSR count). The molecule has 1 unspecified atom stereocenters. The van der Waals surface area contributed by atoms with Crippen molar-refractivity contribution in [1.29, 1.82) is 0 Å². The maximum atomic E-state index is 2.41. The molecule has 0 saturated carbocycles. The van der Waals surface area contributed by atoms with Gasteiger partial charge in [-0.25, -0.2) is 0 Å². The molecule has 1 aliphatic rings. The van der Waals surface area contributed by atoms with Crippen LogP contribution in [0.2, 0.25) is 0 Å². The minimum atomic E-state index is 0.623. The molecule has 0 N–H and O–H groups in total. The van der Waals surface area contributed by atoms with Crippen LogP contribution in [0.4, 0.5) is 0 Å². The molecule has 1 aliphatic carbocycles. The fourth-order valence-corrected chi connectivity index (χ4v) is 2.16. The number of rotatable bonds is 2. The SMILES string of the molecule is CCCC1=CC(C)c2ccccc21. The molecule has 0 radical (unpaired) electrons. The zero-order valence-electron chi connectivity index (χ0n) is 8.38. The minimum Gasteiger partial charge on any atom is -0.0734 e. The smallest absolute Gasteiger partial charge is 0.000163 e. The maximum Gasteiger partial charge on any atom is 0.000163 e. The molecular formula is C13H16. The Morgan fingerprint density at radius 1 is 1.23 bits per heavy atom. The fourth-order valence-electron chi connectivity index (χ4n) is 2.16. The third kappa shape index (κ3) is 1.41. The van der Waals surface area contributed by atoms with Crippen molar-refractivity contribution in [3.05, 3.63) is 41.5 Å². The van der Waals surface area contributed by atoms with Crippen LogP contribution in [0, 0.1) is 0 Å². The van der Waals surface area contributed by atoms with E-state index in [0.717, 1.165) is 0 Å². The second kappa shape index (κ2) is 3.37. The van der Waals surface area contributed by atoms with Crippen LogP contribution >= 0.6 is 0 Å². The highest BCUT2D eigenvalue weighted by Crippen LogP contribution is 2.37. The van der Waals surface area contributed by atoms with E-state index in [9.17, 15) is 0 Å². The summed E-state index contributed by atoms with van der Waals surface area (Å²) >= 11 is 0. The molecule has 0 heterocycles. The summed E-state index contributed by atoms with van der Waals surface area (Å²) in [6.07, 6.45) is 4.88. The molecule has 0 spiro atoms. The third-order valence-electron chi connectivity index (χ3n) is 2.77. The van der Waals surface area contributed by atoms with E-state index in [2.05, 4.69) is 44.2 Å². The Morgan fingerprint density at radius 3 is 2.77 bits per heavy atom. The minimum absolute atomic E-state index is 0.623. The molecule has 1 aromatic rings. The second-order valence-corrected chi connectivity index (χ2v) is 3.82. The Kier molecular flexibility index (Phi) is 2.22. The van der Waals surface area contributed by atoms with Crippen molar-refractivity contribution in [3.8, 4) is 0 Å². The highest BCUT2D eigenvalue weighted by molar-refractivity contribution is 5.74. The highest BCUT2D eigenvalue weighted by atomic mass is 14.2. The Balaban J connectivity index is 2.39. The van der Waals surface area contributed by atoms with Gasteiger partial charge in [0.25, 0.3) is 0 Å². The summed E-state index contributed by atoms with van der Waals surface area (Å²) < 4.78 is 0. The Hall–Kier alpha value is -1.04. The molecule has 0 nitrogen and oxygen atoms in total. The van der Waals surface area contributed by atoms with Crippen LogP contribution < -0.4 is 0 Å². The zero-order valence-corrected chi connectivity index (χ0v) is 8.38. The van der Waals surface area contributed by atoms with E-state index >= 15 is 0 Å².